The number of amides is 2. The third-order valence-corrected chi connectivity index (χ3v) is 5.26. The van der Waals surface area contributed by atoms with E-state index in [0.717, 1.165) is 4.90 Å². The van der Waals surface area contributed by atoms with E-state index in [0.29, 0.717) is 28.2 Å². The molecule has 1 aromatic heterocycles. The van der Waals surface area contributed by atoms with E-state index >= 15 is 0 Å². The van der Waals surface area contributed by atoms with Crippen molar-refractivity contribution in [3.63, 3.8) is 0 Å². The Balaban J connectivity index is 1.56. The van der Waals surface area contributed by atoms with Crippen LogP contribution in [0.3, 0.4) is 0 Å². The highest BCUT2D eigenvalue weighted by molar-refractivity contribution is 6.19. The Morgan fingerprint density at radius 3 is 2.48 bits per heavy atom. The largest absolute Gasteiger partial charge is 0.489 e. The third-order valence-electron chi connectivity index (χ3n) is 5.26. The Labute approximate surface area is 189 Å². The fourth-order valence-corrected chi connectivity index (χ4v) is 3.44. The smallest absolute Gasteiger partial charge is 0.272 e. The topological polar surface area (TPSA) is 83.5 Å². The van der Waals surface area contributed by atoms with Crippen LogP contribution in [0.4, 0.5) is 4.39 Å². The molecule has 2 amide bonds. The van der Waals surface area contributed by atoms with Crippen molar-refractivity contribution in [2.75, 3.05) is 0 Å². The van der Waals surface area contributed by atoms with Gasteiger partial charge < -0.3 is 9.15 Å². The Hall–Kier alpha value is -4.44. The molecule has 0 saturated carbocycles. The summed E-state index contributed by atoms with van der Waals surface area (Å²) in [7, 11) is 0. The van der Waals surface area contributed by atoms with Crippen LogP contribution in [-0.4, -0.2) is 16.7 Å². The Morgan fingerprint density at radius 1 is 1.06 bits per heavy atom. The van der Waals surface area contributed by atoms with Crippen molar-refractivity contribution in [3.05, 3.63) is 106 Å². The molecular formula is C26H19FN2O4. The van der Waals surface area contributed by atoms with Gasteiger partial charge in [-0.15, -0.1) is 0 Å². The molecule has 6 nitrogen and oxygen atoms in total. The Bertz CT molecular complexity index is 1300. The maximum absolute atomic E-state index is 13.7. The number of hydrogen-bond acceptors (Lipinski definition) is 5. The van der Waals surface area contributed by atoms with Crippen LogP contribution in [0.2, 0.25) is 0 Å². The normalized spacial score (nSPS) is 15.2. The van der Waals surface area contributed by atoms with Crippen molar-refractivity contribution in [1.82, 2.24) is 4.90 Å². The highest BCUT2D eigenvalue weighted by Crippen LogP contribution is 2.28. The first-order valence-corrected chi connectivity index (χ1v) is 10.2. The third kappa shape index (κ3) is 4.60. The molecule has 0 unspecified atom stereocenters. The van der Waals surface area contributed by atoms with E-state index in [2.05, 4.69) is 0 Å². The predicted octanol–water partition coefficient (Wildman–Crippen LogP) is 4.79. The number of carbonyl (C=O) groups excluding carboxylic acids is 2. The summed E-state index contributed by atoms with van der Waals surface area (Å²) in [5, 5.41) is 9.49. The summed E-state index contributed by atoms with van der Waals surface area (Å²) in [6.45, 7) is 1.60. The van der Waals surface area contributed by atoms with Crippen LogP contribution < -0.4 is 4.74 Å². The van der Waals surface area contributed by atoms with Gasteiger partial charge in [0, 0.05) is 11.1 Å². The number of benzene rings is 2. The molecule has 0 radical (unpaired) electrons. The molecule has 3 aromatic rings. The highest BCUT2D eigenvalue weighted by Gasteiger charge is 2.35. The summed E-state index contributed by atoms with van der Waals surface area (Å²) < 4.78 is 24.6. The first-order valence-electron chi connectivity index (χ1n) is 10.2. The minimum absolute atomic E-state index is 0.0662. The second kappa shape index (κ2) is 9.37. The molecule has 0 saturated heterocycles. The van der Waals surface area contributed by atoms with Crippen molar-refractivity contribution in [2.45, 2.75) is 20.1 Å². The molecule has 2 heterocycles. The second-order valence-corrected chi connectivity index (χ2v) is 7.39. The summed E-state index contributed by atoms with van der Waals surface area (Å²) in [6, 6.07) is 18.5. The van der Waals surface area contributed by atoms with E-state index in [-0.39, 0.29) is 30.1 Å². The van der Waals surface area contributed by atoms with Crippen LogP contribution in [0, 0.1) is 17.1 Å². The summed E-state index contributed by atoms with van der Waals surface area (Å²) >= 11 is 0. The standard InChI is InChI=1S/C26H19FN2O4/c1-17-22(25(30)29(26(31)23(17)14-28)15-21-6-4-12-32-21)13-18-8-10-20(11-9-18)33-16-19-5-2-3-7-24(19)27/h2-13H,15-16H2,1H3/b22-13+. The molecule has 164 valence electrons. The average Bonchev–Trinajstić information content (AvgIpc) is 3.34. The molecule has 4 rings (SSSR count). The van der Waals surface area contributed by atoms with Gasteiger partial charge in [-0.3, -0.25) is 14.5 Å². The van der Waals surface area contributed by atoms with Crippen molar-refractivity contribution < 1.29 is 23.1 Å². The van der Waals surface area contributed by atoms with Gasteiger partial charge in [0.1, 0.15) is 35.6 Å². The van der Waals surface area contributed by atoms with E-state index in [4.69, 9.17) is 9.15 Å². The molecule has 1 aliphatic rings. The lowest BCUT2D eigenvalue weighted by Crippen LogP contribution is -2.42. The Kier molecular flexibility index (Phi) is 6.18. The lowest BCUT2D eigenvalue weighted by atomic mass is 9.93. The zero-order chi connectivity index (χ0) is 23.4. The van der Waals surface area contributed by atoms with Crippen LogP contribution in [0.5, 0.6) is 5.75 Å². The van der Waals surface area contributed by atoms with E-state index in [1.54, 1.807) is 67.6 Å². The van der Waals surface area contributed by atoms with Gasteiger partial charge >= 0.3 is 0 Å². The van der Waals surface area contributed by atoms with Gasteiger partial charge in [0.2, 0.25) is 0 Å². The minimum Gasteiger partial charge on any atom is -0.489 e. The quantitative estimate of drug-likeness (QED) is 0.405. The molecule has 1 aliphatic heterocycles. The van der Waals surface area contributed by atoms with Crippen molar-refractivity contribution in [3.8, 4) is 11.8 Å². The van der Waals surface area contributed by atoms with Gasteiger partial charge in [-0.25, -0.2) is 4.39 Å². The first kappa shape index (κ1) is 21.8. The number of imide groups is 1. The lowest BCUT2D eigenvalue weighted by Gasteiger charge is -2.26. The molecule has 7 heteroatoms. The maximum Gasteiger partial charge on any atom is 0.272 e. The van der Waals surface area contributed by atoms with Crippen molar-refractivity contribution in [2.24, 2.45) is 0 Å². The fourth-order valence-electron chi connectivity index (χ4n) is 3.44. The number of hydrogen-bond donors (Lipinski definition) is 0. The van der Waals surface area contributed by atoms with Gasteiger partial charge in [-0.2, -0.15) is 5.26 Å². The number of rotatable bonds is 6. The monoisotopic (exact) mass is 442 g/mol. The SMILES string of the molecule is CC1=C(C#N)C(=O)N(Cc2ccco2)C(=O)/C1=C/c1ccc(OCc2ccccc2F)cc1. The number of carbonyl (C=O) groups is 2. The number of furan rings is 1. The van der Waals surface area contributed by atoms with Crippen molar-refractivity contribution in [1.29, 1.82) is 5.26 Å². The maximum atomic E-state index is 13.7. The lowest BCUT2D eigenvalue weighted by molar-refractivity contribution is -0.141. The van der Waals surface area contributed by atoms with Gasteiger partial charge in [0.15, 0.2) is 0 Å². The highest BCUT2D eigenvalue weighted by atomic mass is 19.1. The zero-order valence-electron chi connectivity index (χ0n) is 17.7. The minimum atomic E-state index is -0.648. The van der Waals surface area contributed by atoms with Crippen LogP contribution >= 0.6 is 0 Å². The van der Waals surface area contributed by atoms with E-state index in [1.807, 2.05) is 6.07 Å². The van der Waals surface area contributed by atoms with E-state index in [9.17, 15) is 19.2 Å². The summed E-state index contributed by atoms with van der Waals surface area (Å²) in [4.78, 5) is 26.8. The van der Waals surface area contributed by atoms with Crippen LogP contribution in [0.1, 0.15) is 23.8 Å². The first-order chi connectivity index (χ1) is 16.0. The van der Waals surface area contributed by atoms with Gasteiger partial charge in [0.25, 0.3) is 11.8 Å². The molecule has 2 aromatic carbocycles. The number of nitriles is 1. The molecule has 0 bridgehead atoms. The molecule has 33 heavy (non-hydrogen) atoms. The summed E-state index contributed by atoms with van der Waals surface area (Å²) in [5.74, 6) is -0.517. The molecular weight excluding hydrogens is 423 g/mol. The van der Waals surface area contributed by atoms with Gasteiger partial charge in [-0.05, 0) is 54.5 Å². The molecule has 0 aliphatic carbocycles. The van der Waals surface area contributed by atoms with Gasteiger partial charge in [0.05, 0.1) is 12.8 Å². The zero-order valence-corrected chi connectivity index (χ0v) is 17.7. The van der Waals surface area contributed by atoms with E-state index < -0.39 is 11.8 Å². The van der Waals surface area contributed by atoms with E-state index in [1.165, 1.54) is 12.3 Å². The molecule has 0 N–H and O–H groups in total. The number of ether oxygens (including phenoxy) is 1. The summed E-state index contributed by atoms with van der Waals surface area (Å²) in [6.07, 6.45) is 3.07. The van der Waals surface area contributed by atoms with Gasteiger partial charge in [-0.1, -0.05) is 30.3 Å². The van der Waals surface area contributed by atoms with Crippen LogP contribution in [0.25, 0.3) is 6.08 Å². The molecule has 0 atom stereocenters. The number of nitrogens with zero attached hydrogens (tertiary/aromatic N) is 2. The summed E-state index contributed by atoms with van der Waals surface area (Å²) in [5.41, 5.74) is 1.61. The second-order valence-electron chi connectivity index (χ2n) is 7.39. The molecule has 0 fully saturated rings. The van der Waals surface area contributed by atoms with Crippen molar-refractivity contribution >= 4 is 17.9 Å². The average molecular weight is 442 g/mol. The Morgan fingerprint density at radius 2 is 1.82 bits per heavy atom. The predicted molar refractivity (Wildman–Crippen MR) is 118 cm³/mol. The fraction of sp³-hybridized carbons (Fsp3) is 0.115. The van der Waals surface area contributed by atoms with Crippen LogP contribution in [0.15, 0.2) is 88.1 Å². The van der Waals surface area contributed by atoms with Crippen LogP contribution in [-0.2, 0) is 22.7 Å². The number of halogens is 1. The molecule has 0 spiro atoms.